The molecule has 1 N–H and O–H groups in total. The fourth-order valence-corrected chi connectivity index (χ4v) is 6.54. The van der Waals surface area contributed by atoms with E-state index in [-0.39, 0.29) is 20.6 Å². The summed E-state index contributed by atoms with van der Waals surface area (Å²) in [6.07, 6.45) is 0.976. The molecule has 57 heavy (non-hydrogen) atoms. The second-order valence-corrected chi connectivity index (χ2v) is 15.0. The average Bonchev–Trinajstić information content (AvgIpc) is 3.19. The Labute approximate surface area is 339 Å². The van der Waals surface area contributed by atoms with E-state index in [1.807, 2.05) is 66.7 Å². The topological polar surface area (TPSA) is 141 Å². The van der Waals surface area contributed by atoms with Crippen LogP contribution in [0, 0.1) is 11.8 Å². The first kappa shape index (κ1) is 44.9. The number of ether oxygens (including phenoxy) is 4. The molecule has 0 aromatic heterocycles. The van der Waals surface area contributed by atoms with Gasteiger partial charge in [-0.1, -0.05) is 81.9 Å². The third kappa shape index (κ3) is 14.3. The molecule has 0 atom stereocenters. The molecule has 0 radical (unpaired) electrons. The number of esters is 2. The number of nitrogens with zero attached hydrogens (tertiary/aromatic N) is 2. The van der Waals surface area contributed by atoms with Gasteiger partial charge in [-0.3, -0.25) is 4.18 Å². The molecule has 2 heterocycles. The number of anilines is 2. The van der Waals surface area contributed by atoms with Crippen LogP contribution in [0.3, 0.4) is 0 Å². The molecule has 4 aromatic rings. The maximum atomic E-state index is 12.0. The Morgan fingerprint density at radius 3 is 1.49 bits per heavy atom. The molecule has 4 aromatic carbocycles. The van der Waals surface area contributed by atoms with E-state index in [0.717, 1.165) is 56.0 Å². The van der Waals surface area contributed by atoms with Crippen molar-refractivity contribution in [1.29, 1.82) is 0 Å². The lowest BCUT2D eigenvalue weighted by molar-refractivity contribution is 0.0588. The molecule has 6 rings (SSSR count). The number of hydrogen-bond donors (Lipinski definition) is 1. The maximum absolute atomic E-state index is 12.0. The SMILES string of the molecule is C.COC(=O)c1ccc(N2CC(COCc3ccccc3)C2)cc1CO.COC(=O)c1ccc(N2CC(COCc3ccccc3)C2)cc1COS(C)(=O)=O.[2H]CC. The van der Waals surface area contributed by atoms with Gasteiger partial charge in [-0.05, 0) is 58.7 Å². The van der Waals surface area contributed by atoms with Crippen LogP contribution in [0.25, 0.3) is 0 Å². The minimum atomic E-state index is -3.62. The Balaban J connectivity index is 0.000000289. The van der Waals surface area contributed by atoms with Crippen molar-refractivity contribution in [1.82, 2.24) is 0 Å². The van der Waals surface area contributed by atoms with Crippen molar-refractivity contribution in [2.24, 2.45) is 11.8 Å². The lowest BCUT2D eigenvalue weighted by Gasteiger charge is -2.41. The van der Waals surface area contributed by atoms with Gasteiger partial charge in [0.25, 0.3) is 10.1 Å². The van der Waals surface area contributed by atoms with Gasteiger partial charge in [-0.25, -0.2) is 9.59 Å². The molecular weight excluding hydrogens is 749 g/mol. The van der Waals surface area contributed by atoms with E-state index in [9.17, 15) is 23.1 Å². The van der Waals surface area contributed by atoms with Crippen LogP contribution >= 0.6 is 0 Å². The predicted octanol–water partition coefficient (Wildman–Crippen LogP) is 6.88. The normalized spacial score (nSPS) is 13.9. The third-order valence-electron chi connectivity index (χ3n) is 9.16. The van der Waals surface area contributed by atoms with Gasteiger partial charge >= 0.3 is 11.9 Å². The van der Waals surface area contributed by atoms with Crippen LogP contribution in [0.2, 0.25) is 0 Å². The smallest absolute Gasteiger partial charge is 0.338 e. The van der Waals surface area contributed by atoms with E-state index >= 15 is 0 Å². The molecule has 0 amide bonds. The quantitative estimate of drug-likeness (QED) is 0.0932. The van der Waals surface area contributed by atoms with E-state index in [1.54, 1.807) is 25.1 Å². The van der Waals surface area contributed by atoms with Gasteiger partial charge in [-0.15, -0.1) is 0 Å². The molecule has 12 nitrogen and oxygen atoms in total. The lowest BCUT2D eigenvalue weighted by atomic mass is 9.98. The lowest BCUT2D eigenvalue weighted by Crippen LogP contribution is -2.48. The van der Waals surface area contributed by atoms with Crippen LogP contribution in [0.15, 0.2) is 97.1 Å². The van der Waals surface area contributed by atoms with Gasteiger partial charge in [0.2, 0.25) is 0 Å². The van der Waals surface area contributed by atoms with Gasteiger partial charge in [-0.2, -0.15) is 8.42 Å². The summed E-state index contributed by atoms with van der Waals surface area (Å²) in [6, 6.07) is 30.9. The summed E-state index contributed by atoms with van der Waals surface area (Å²) in [4.78, 5) is 28.0. The molecule has 2 aliphatic heterocycles. The highest BCUT2D eigenvalue weighted by molar-refractivity contribution is 7.85. The van der Waals surface area contributed by atoms with Crippen molar-refractivity contribution in [3.63, 3.8) is 0 Å². The Hall–Kier alpha value is -4.79. The molecule has 310 valence electrons. The summed E-state index contributed by atoms with van der Waals surface area (Å²) in [7, 11) is -0.996. The summed E-state index contributed by atoms with van der Waals surface area (Å²) in [5, 5.41) is 9.49. The Bertz CT molecular complexity index is 1960. The summed E-state index contributed by atoms with van der Waals surface area (Å²) >= 11 is 0. The van der Waals surface area contributed by atoms with E-state index in [2.05, 4.69) is 21.9 Å². The Kier molecular flexibility index (Phi) is 18.5. The number of carbonyl (C=O) groups is 2. The fourth-order valence-electron chi connectivity index (χ4n) is 6.20. The first-order valence-electron chi connectivity index (χ1n) is 19.1. The fraction of sp³-hybridized carbons (Fsp3) is 0.409. The van der Waals surface area contributed by atoms with E-state index < -0.39 is 22.1 Å². The van der Waals surface area contributed by atoms with E-state index in [0.29, 0.717) is 60.8 Å². The highest BCUT2D eigenvalue weighted by atomic mass is 32.2. The third-order valence-corrected chi connectivity index (χ3v) is 9.71. The first-order valence-corrected chi connectivity index (χ1v) is 20.2. The van der Waals surface area contributed by atoms with E-state index in [4.69, 9.17) is 24.5 Å². The number of methoxy groups -OCH3 is 2. The number of hydrogen-bond acceptors (Lipinski definition) is 12. The molecule has 13 heteroatoms. The molecule has 2 saturated heterocycles. The highest BCUT2D eigenvalue weighted by Crippen LogP contribution is 2.29. The molecule has 0 saturated carbocycles. The molecular formula is C44H58N2O10S. The number of benzene rings is 4. The first-order chi connectivity index (χ1) is 27.5. The second kappa shape index (κ2) is 23.4. The predicted molar refractivity (Wildman–Crippen MR) is 223 cm³/mol. The molecule has 0 spiro atoms. The van der Waals surface area contributed by atoms with E-state index in [1.165, 1.54) is 19.8 Å². The summed E-state index contributed by atoms with van der Waals surface area (Å²) < 4.78 is 54.8. The largest absolute Gasteiger partial charge is 0.465 e. The van der Waals surface area contributed by atoms with Crippen molar-refractivity contribution in [3.05, 3.63) is 130 Å². The van der Waals surface area contributed by atoms with Gasteiger partial charge in [0.1, 0.15) is 0 Å². The van der Waals surface area contributed by atoms with Crippen molar-refractivity contribution >= 4 is 33.4 Å². The van der Waals surface area contributed by atoms with Crippen molar-refractivity contribution in [2.75, 3.05) is 69.7 Å². The second-order valence-electron chi connectivity index (χ2n) is 13.3. The molecule has 0 bridgehead atoms. The van der Waals surface area contributed by atoms with Crippen LogP contribution in [-0.2, 0) is 59.7 Å². The summed E-state index contributed by atoms with van der Waals surface area (Å²) in [6.45, 7) is 8.03. The zero-order valence-corrected chi connectivity index (χ0v) is 33.4. The van der Waals surface area contributed by atoms with Gasteiger partial charge in [0.05, 0.1) is 71.2 Å². The standard InChI is InChI=1S/C21H25NO6S.C20H23NO4.C2H6.CH4/c1-26-21(23)20-9-8-19(10-18(20)15-28-29(2,24)25)22-11-17(12-22)14-27-13-16-6-4-3-5-7-16;1-24-20(23)19-8-7-18(9-17(19)12-22)21-10-16(11-21)14-25-13-15-5-3-2-4-6-15;1-2;/h3-10,17H,11-15H2,1-2H3;2-9,16,22H,10-14H2,1H3;1-2H3;1H4/i;;1D;. The maximum Gasteiger partial charge on any atom is 0.338 e. The van der Waals surface area contributed by atoms with Crippen LogP contribution in [-0.4, -0.2) is 85.3 Å². The number of aliphatic hydroxyl groups excluding tert-OH is 1. The minimum Gasteiger partial charge on any atom is -0.465 e. The highest BCUT2D eigenvalue weighted by Gasteiger charge is 2.29. The zero-order valence-electron chi connectivity index (χ0n) is 33.6. The number of carbonyl (C=O) groups excluding carboxylic acids is 2. The molecule has 2 fully saturated rings. The summed E-state index contributed by atoms with van der Waals surface area (Å²) in [5.41, 5.74) is 6.03. The van der Waals surface area contributed by atoms with Gasteiger partial charge in [0, 0.05) is 50.8 Å². The molecule has 0 aliphatic carbocycles. The average molecular weight is 808 g/mol. The molecule has 2 aliphatic rings. The van der Waals surface area contributed by atoms with Crippen LogP contribution < -0.4 is 9.80 Å². The van der Waals surface area contributed by atoms with Crippen LogP contribution in [0.1, 0.15) is 65.6 Å². The number of aliphatic hydroxyl groups is 1. The van der Waals surface area contributed by atoms with Gasteiger partial charge in [0.15, 0.2) is 0 Å². The minimum absolute atomic E-state index is 0. The summed E-state index contributed by atoms with van der Waals surface area (Å²) in [5.74, 6) is -0.0258. The Morgan fingerprint density at radius 1 is 0.702 bits per heavy atom. The van der Waals surface area contributed by atoms with Crippen LogP contribution in [0.4, 0.5) is 11.4 Å². The van der Waals surface area contributed by atoms with Crippen LogP contribution in [0.5, 0.6) is 0 Å². The zero-order chi connectivity index (χ0) is 41.2. The van der Waals surface area contributed by atoms with Crippen molar-refractivity contribution in [2.45, 2.75) is 47.7 Å². The van der Waals surface area contributed by atoms with Crippen molar-refractivity contribution < 1.29 is 47.6 Å². The monoisotopic (exact) mass is 807 g/mol. The van der Waals surface area contributed by atoms with Crippen molar-refractivity contribution in [3.8, 4) is 0 Å². The molecule has 0 unspecified atom stereocenters. The van der Waals surface area contributed by atoms with Gasteiger partial charge < -0.3 is 33.9 Å². The number of rotatable bonds is 16. The Morgan fingerprint density at radius 2 is 1.11 bits per heavy atom.